The molecule has 0 aromatic heterocycles. The standard InChI is InChI=1S/C10H19NS/c1-10(11-7-8-12-10)9-5-3-2-4-6-9/h9,11H,2-8H2,1H3. The van der Waals surface area contributed by atoms with Crippen molar-refractivity contribution < 1.29 is 0 Å². The minimum Gasteiger partial charge on any atom is -0.302 e. The van der Waals surface area contributed by atoms with Crippen LogP contribution in [0.3, 0.4) is 0 Å². The van der Waals surface area contributed by atoms with Gasteiger partial charge >= 0.3 is 0 Å². The van der Waals surface area contributed by atoms with Gasteiger partial charge in [0.25, 0.3) is 0 Å². The van der Waals surface area contributed by atoms with Gasteiger partial charge in [-0.3, -0.25) is 0 Å². The van der Waals surface area contributed by atoms with Crippen LogP contribution in [0.15, 0.2) is 0 Å². The Morgan fingerprint density at radius 2 is 2.00 bits per heavy atom. The molecule has 0 bridgehead atoms. The van der Waals surface area contributed by atoms with Crippen LogP contribution in [0.1, 0.15) is 39.0 Å². The second-order valence-electron chi connectivity index (χ2n) is 4.22. The molecule has 70 valence electrons. The maximum atomic E-state index is 3.67. The van der Waals surface area contributed by atoms with Gasteiger partial charge in [-0.25, -0.2) is 0 Å². The molecule has 0 radical (unpaired) electrons. The Morgan fingerprint density at radius 3 is 2.58 bits per heavy atom. The minimum absolute atomic E-state index is 0.431. The molecule has 0 aromatic rings. The normalized spacial score (nSPS) is 38.8. The lowest BCUT2D eigenvalue weighted by Crippen LogP contribution is -2.42. The minimum atomic E-state index is 0.431. The van der Waals surface area contributed by atoms with E-state index < -0.39 is 0 Å². The number of nitrogens with one attached hydrogen (secondary N) is 1. The fourth-order valence-corrected chi connectivity index (χ4v) is 3.83. The Kier molecular flexibility index (Phi) is 2.66. The van der Waals surface area contributed by atoms with E-state index in [1.807, 2.05) is 0 Å². The Balaban J connectivity index is 1.96. The molecule has 2 rings (SSSR count). The highest BCUT2D eigenvalue weighted by Crippen LogP contribution is 2.41. The largest absolute Gasteiger partial charge is 0.302 e. The van der Waals surface area contributed by atoms with Gasteiger partial charge in [-0.1, -0.05) is 19.3 Å². The zero-order valence-electron chi connectivity index (χ0n) is 7.94. The molecule has 1 aliphatic heterocycles. The molecule has 1 aliphatic carbocycles. The van der Waals surface area contributed by atoms with Crippen molar-refractivity contribution in [3.63, 3.8) is 0 Å². The first kappa shape index (κ1) is 8.89. The second-order valence-corrected chi connectivity index (χ2v) is 5.76. The molecule has 1 saturated heterocycles. The van der Waals surface area contributed by atoms with Crippen molar-refractivity contribution in [1.29, 1.82) is 0 Å². The average Bonchev–Trinajstić information content (AvgIpc) is 2.55. The van der Waals surface area contributed by atoms with Crippen LogP contribution in [0.4, 0.5) is 0 Å². The molecule has 1 N–H and O–H groups in total. The lowest BCUT2D eigenvalue weighted by Gasteiger charge is -2.36. The third kappa shape index (κ3) is 1.64. The summed E-state index contributed by atoms with van der Waals surface area (Å²) in [5.41, 5.74) is 0. The van der Waals surface area contributed by atoms with E-state index >= 15 is 0 Å². The topological polar surface area (TPSA) is 12.0 Å². The fraction of sp³-hybridized carbons (Fsp3) is 1.00. The van der Waals surface area contributed by atoms with Crippen molar-refractivity contribution in [2.45, 2.75) is 43.9 Å². The van der Waals surface area contributed by atoms with Gasteiger partial charge in [0.2, 0.25) is 0 Å². The van der Waals surface area contributed by atoms with Crippen molar-refractivity contribution >= 4 is 11.8 Å². The van der Waals surface area contributed by atoms with Gasteiger partial charge in [0, 0.05) is 12.3 Å². The molecule has 1 atom stereocenters. The van der Waals surface area contributed by atoms with Crippen LogP contribution in [0.5, 0.6) is 0 Å². The third-order valence-electron chi connectivity index (χ3n) is 3.36. The summed E-state index contributed by atoms with van der Waals surface area (Å²) < 4.78 is 0. The van der Waals surface area contributed by atoms with E-state index in [1.165, 1.54) is 44.4 Å². The molecule has 2 heteroatoms. The van der Waals surface area contributed by atoms with Gasteiger partial charge in [-0.2, -0.15) is 0 Å². The predicted octanol–water partition coefficient (Wildman–Crippen LogP) is 2.62. The van der Waals surface area contributed by atoms with Crippen molar-refractivity contribution in [3.05, 3.63) is 0 Å². The summed E-state index contributed by atoms with van der Waals surface area (Å²) in [6.45, 7) is 3.62. The zero-order valence-corrected chi connectivity index (χ0v) is 8.75. The van der Waals surface area contributed by atoms with Gasteiger partial charge in [0.05, 0.1) is 4.87 Å². The maximum Gasteiger partial charge on any atom is 0.0645 e. The molecule has 1 nitrogen and oxygen atoms in total. The SMILES string of the molecule is CC1(C2CCCCC2)NCCS1. The third-order valence-corrected chi connectivity index (χ3v) is 4.85. The smallest absolute Gasteiger partial charge is 0.0645 e. The second kappa shape index (κ2) is 3.59. The van der Waals surface area contributed by atoms with Crippen LogP contribution >= 0.6 is 11.8 Å². The Bertz CT molecular complexity index is 146. The first-order valence-electron chi connectivity index (χ1n) is 5.20. The quantitative estimate of drug-likeness (QED) is 0.674. The number of thioether (sulfide) groups is 1. The van der Waals surface area contributed by atoms with Gasteiger partial charge in [-0.15, -0.1) is 11.8 Å². The molecule has 1 saturated carbocycles. The summed E-state index contributed by atoms with van der Waals surface area (Å²) in [6, 6.07) is 0. The summed E-state index contributed by atoms with van der Waals surface area (Å²) in [6.07, 6.45) is 7.30. The lowest BCUT2D eigenvalue weighted by molar-refractivity contribution is 0.267. The first-order valence-corrected chi connectivity index (χ1v) is 6.19. The molecule has 0 aromatic carbocycles. The van der Waals surface area contributed by atoms with Crippen LogP contribution in [0.25, 0.3) is 0 Å². The summed E-state index contributed by atoms with van der Waals surface area (Å²) in [4.78, 5) is 0.431. The van der Waals surface area contributed by atoms with Crippen molar-refractivity contribution in [2.75, 3.05) is 12.3 Å². The van der Waals surface area contributed by atoms with Crippen LogP contribution < -0.4 is 5.32 Å². The molecule has 0 amide bonds. The van der Waals surface area contributed by atoms with Gasteiger partial charge in [-0.05, 0) is 25.7 Å². The predicted molar refractivity (Wildman–Crippen MR) is 55.4 cm³/mol. The summed E-state index contributed by atoms with van der Waals surface area (Å²) in [5.74, 6) is 2.26. The van der Waals surface area contributed by atoms with E-state index in [-0.39, 0.29) is 0 Å². The van der Waals surface area contributed by atoms with Gasteiger partial charge < -0.3 is 5.32 Å². The molecule has 2 fully saturated rings. The monoisotopic (exact) mass is 185 g/mol. The zero-order chi connectivity index (χ0) is 8.44. The molecule has 0 spiro atoms. The van der Waals surface area contributed by atoms with Crippen molar-refractivity contribution in [2.24, 2.45) is 5.92 Å². The highest BCUT2D eigenvalue weighted by Gasteiger charge is 2.37. The van der Waals surface area contributed by atoms with E-state index in [0.29, 0.717) is 4.87 Å². The van der Waals surface area contributed by atoms with E-state index in [1.54, 1.807) is 0 Å². The van der Waals surface area contributed by atoms with E-state index in [4.69, 9.17) is 0 Å². The maximum absolute atomic E-state index is 3.67. The van der Waals surface area contributed by atoms with Gasteiger partial charge in [0.15, 0.2) is 0 Å². The van der Waals surface area contributed by atoms with Crippen LogP contribution in [-0.4, -0.2) is 17.2 Å². The highest BCUT2D eigenvalue weighted by molar-refractivity contribution is 8.00. The van der Waals surface area contributed by atoms with E-state index in [9.17, 15) is 0 Å². The molecular formula is C10H19NS. The number of hydrogen-bond donors (Lipinski definition) is 1. The molecule has 1 heterocycles. The Morgan fingerprint density at radius 1 is 1.25 bits per heavy atom. The Labute approximate surface area is 79.7 Å². The first-order chi connectivity index (χ1) is 5.81. The Hall–Kier alpha value is 0.310. The highest BCUT2D eigenvalue weighted by atomic mass is 32.2. The summed E-state index contributed by atoms with van der Waals surface area (Å²) in [5, 5.41) is 3.67. The summed E-state index contributed by atoms with van der Waals surface area (Å²) >= 11 is 2.14. The summed E-state index contributed by atoms with van der Waals surface area (Å²) in [7, 11) is 0. The number of rotatable bonds is 1. The van der Waals surface area contributed by atoms with Crippen LogP contribution in [-0.2, 0) is 0 Å². The van der Waals surface area contributed by atoms with Crippen molar-refractivity contribution in [3.8, 4) is 0 Å². The molecular weight excluding hydrogens is 166 g/mol. The average molecular weight is 185 g/mol. The molecule has 1 unspecified atom stereocenters. The fourth-order valence-electron chi connectivity index (χ4n) is 2.53. The van der Waals surface area contributed by atoms with Crippen LogP contribution in [0, 0.1) is 5.92 Å². The molecule has 12 heavy (non-hydrogen) atoms. The van der Waals surface area contributed by atoms with E-state index in [0.717, 1.165) is 5.92 Å². The molecule has 2 aliphatic rings. The van der Waals surface area contributed by atoms with E-state index in [2.05, 4.69) is 24.0 Å². The van der Waals surface area contributed by atoms with Crippen LogP contribution in [0.2, 0.25) is 0 Å². The van der Waals surface area contributed by atoms with Gasteiger partial charge in [0.1, 0.15) is 0 Å². The van der Waals surface area contributed by atoms with Crippen molar-refractivity contribution in [1.82, 2.24) is 5.32 Å². The number of hydrogen-bond acceptors (Lipinski definition) is 2. The lowest BCUT2D eigenvalue weighted by atomic mass is 9.84.